The number of amides is 1. The molecule has 0 atom stereocenters. The number of hydrogen-bond acceptors (Lipinski definition) is 4. The van der Waals surface area contributed by atoms with Crippen molar-refractivity contribution in [1.82, 2.24) is 4.90 Å². The van der Waals surface area contributed by atoms with Gasteiger partial charge in [0, 0.05) is 48.9 Å². The van der Waals surface area contributed by atoms with Gasteiger partial charge in [0.2, 0.25) is 0 Å². The number of carbonyl (C=O) groups excluding carboxylic acids is 1. The van der Waals surface area contributed by atoms with Crippen molar-refractivity contribution < 1.29 is 4.79 Å². The van der Waals surface area contributed by atoms with Crippen LogP contribution in [0.3, 0.4) is 0 Å². The number of rotatable bonds is 3. The van der Waals surface area contributed by atoms with Crippen LogP contribution < -0.4 is 4.90 Å². The second-order valence-corrected chi connectivity index (χ2v) is 9.54. The lowest BCUT2D eigenvalue weighted by atomic mass is 10.1. The Bertz CT molecular complexity index is 764. The molecule has 3 nitrogen and oxygen atoms in total. The summed E-state index contributed by atoms with van der Waals surface area (Å²) in [7, 11) is 0. The first kappa shape index (κ1) is 17.8. The van der Waals surface area contributed by atoms with Crippen LogP contribution in [-0.4, -0.2) is 48.5 Å². The number of carbonyl (C=O) groups is 1. The Morgan fingerprint density at radius 1 is 0.962 bits per heavy atom. The molecule has 2 fully saturated rings. The van der Waals surface area contributed by atoms with E-state index in [2.05, 4.69) is 48.2 Å². The fourth-order valence-electron chi connectivity index (χ4n) is 3.51. The highest BCUT2D eigenvalue weighted by molar-refractivity contribution is 8.19. The first-order chi connectivity index (χ1) is 12.7. The van der Waals surface area contributed by atoms with Gasteiger partial charge in [-0.1, -0.05) is 24.3 Å². The summed E-state index contributed by atoms with van der Waals surface area (Å²) in [5.41, 5.74) is 4.68. The second-order valence-electron chi connectivity index (χ2n) is 6.81. The highest BCUT2D eigenvalue weighted by Gasteiger charge is 2.23. The van der Waals surface area contributed by atoms with Crippen molar-refractivity contribution >= 4 is 35.1 Å². The molecule has 1 amide bonds. The topological polar surface area (TPSA) is 23.6 Å². The zero-order valence-electron chi connectivity index (χ0n) is 15.1. The molecule has 5 heteroatoms. The lowest BCUT2D eigenvalue weighted by Gasteiger charge is -2.36. The molecule has 136 valence electrons. The lowest BCUT2D eigenvalue weighted by Crippen LogP contribution is -2.48. The number of nitrogens with zero attached hydrogens (tertiary/aromatic N) is 2. The number of benzene rings is 2. The Labute approximate surface area is 164 Å². The molecule has 0 N–H and O–H groups in total. The molecule has 2 aliphatic heterocycles. The Balaban J connectivity index is 1.37. The Hall–Kier alpha value is -1.59. The molecule has 26 heavy (non-hydrogen) atoms. The van der Waals surface area contributed by atoms with E-state index < -0.39 is 0 Å². The van der Waals surface area contributed by atoms with E-state index in [1.165, 1.54) is 28.3 Å². The number of thioether (sulfide) groups is 2. The summed E-state index contributed by atoms with van der Waals surface area (Å²) in [6, 6.07) is 16.9. The standard InChI is InChI=1S/C21H24N2OS2/c1-16-3-2-4-19(15-16)22-9-11-23(12-10-22)20(24)17-5-7-18(8-6-17)21-25-13-14-26-21/h2-8,15,21H,9-14H2,1H3. The van der Waals surface area contributed by atoms with Crippen molar-refractivity contribution in [3.63, 3.8) is 0 Å². The van der Waals surface area contributed by atoms with Gasteiger partial charge >= 0.3 is 0 Å². The first-order valence-electron chi connectivity index (χ1n) is 9.15. The maximum absolute atomic E-state index is 12.8. The highest BCUT2D eigenvalue weighted by atomic mass is 32.2. The molecule has 4 rings (SSSR count). The van der Waals surface area contributed by atoms with Gasteiger partial charge in [0.1, 0.15) is 0 Å². The highest BCUT2D eigenvalue weighted by Crippen LogP contribution is 2.45. The van der Waals surface area contributed by atoms with Crippen molar-refractivity contribution in [1.29, 1.82) is 0 Å². The molecular weight excluding hydrogens is 360 g/mol. The van der Waals surface area contributed by atoms with Crippen LogP contribution in [0.5, 0.6) is 0 Å². The molecule has 0 spiro atoms. The normalized spacial score (nSPS) is 18.3. The number of anilines is 1. The maximum atomic E-state index is 12.8. The maximum Gasteiger partial charge on any atom is 0.253 e. The van der Waals surface area contributed by atoms with Crippen LogP contribution in [0.4, 0.5) is 5.69 Å². The summed E-state index contributed by atoms with van der Waals surface area (Å²) >= 11 is 4.00. The van der Waals surface area contributed by atoms with Crippen molar-refractivity contribution in [2.45, 2.75) is 11.5 Å². The minimum absolute atomic E-state index is 0.159. The van der Waals surface area contributed by atoms with Gasteiger partial charge < -0.3 is 9.80 Å². The summed E-state index contributed by atoms with van der Waals surface area (Å²) in [4.78, 5) is 17.2. The summed E-state index contributed by atoms with van der Waals surface area (Å²) in [5, 5.41) is 0. The fourth-order valence-corrected chi connectivity index (χ4v) is 6.37. The minimum atomic E-state index is 0.159. The SMILES string of the molecule is Cc1cccc(N2CCN(C(=O)c3ccc(C4SCCS4)cc3)CC2)c1. The second kappa shape index (κ2) is 7.97. The predicted octanol–water partition coefficient (Wildman–Crippen LogP) is 4.44. The average Bonchev–Trinajstić information content (AvgIpc) is 3.23. The van der Waals surface area contributed by atoms with Gasteiger partial charge in [-0.05, 0) is 42.3 Å². The van der Waals surface area contributed by atoms with E-state index >= 15 is 0 Å². The molecule has 0 aliphatic carbocycles. The molecule has 2 aromatic rings. The molecule has 2 aliphatic rings. The van der Waals surface area contributed by atoms with Gasteiger partial charge in [-0.25, -0.2) is 0 Å². The van der Waals surface area contributed by atoms with Gasteiger partial charge in [-0.2, -0.15) is 0 Å². The largest absolute Gasteiger partial charge is 0.368 e. The van der Waals surface area contributed by atoms with E-state index in [1.807, 2.05) is 40.6 Å². The van der Waals surface area contributed by atoms with E-state index in [0.29, 0.717) is 4.58 Å². The van der Waals surface area contributed by atoms with E-state index in [9.17, 15) is 4.79 Å². The Morgan fingerprint density at radius 2 is 1.65 bits per heavy atom. The van der Waals surface area contributed by atoms with E-state index in [0.717, 1.165) is 31.7 Å². The number of piperazine rings is 1. The molecule has 0 bridgehead atoms. The average molecular weight is 385 g/mol. The van der Waals surface area contributed by atoms with Crippen molar-refractivity contribution in [2.75, 3.05) is 42.6 Å². The van der Waals surface area contributed by atoms with E-state index in [4.69, 9.17) is 0 Å². The molecule has 0 radical (unpaired) electrons. The lowest BCUT2D eigenvalue weighted by molar-refractivity contribution is 0.0747. The summed E-state index contributed by atoms with van der Waals surface area (Å²) in [5.74, 6) is 2.61. The van der Waals surface area contributed by atoms with E-state index in [1.54, 1.807) is 0 Å². The number of hydrogen-bond donors (Lipinski definition) is 0. The van der Waals surface area contributed by atoms with Crippen LogP contribution in [0.1, 0.15) is 26.1 Å². The van der Waals surface area contributed by atoms with Crippen LogP contribution in [0.15, 0.2) is 48.5 Å². The molecule has 0 unspecified atom stereocenters. The molecule has 2 saturated heterocycles. The zero-order chi connectivity index (χ0) is 17.9. The molecular formula is C21H24N2OS2. The first-order valence-corrected chi connectivity index (χ1v) is 11.2. The van der Waals surface area contributed by atoms with E-state index in [-0.39, 0.29) is 5.91 Å². The Kier molecular flexibility index (Phi) is 5.46. The third-order valence-electron chi connectivity index (χ3n) is 4.99. The van der Waals surface area contributed by atoms with Crippen LogP contribution in [0, 0.1) is 6.92 Å². The van der Waals surface area contributed by atoms with Crippen molar-refractivity contribution in [3.05, 3.63) is 65.2 Å². The van der Waals surface area contributed by atoms with Gasteiger partial charge in [0.05, 0.1) is 4.58 Å². The molecule has 2 aromatic carbocycles. The van der Waals surface area contributed by atoms with Gasteiger partial charge in [0.25, 0.3) is 5.91 Å². The van der Waals surface area contributed by atoms with Crippen LogP contribution in [0.25, 0.3) is 0 Å². The minimum Gasteiger partial charge on any atom is -0.368 e. The monoisotopic (exact) mass is 384 g/mol. The van der Waals surface area contributed by atoms with Crippen LogP contribution in [-0.2, 0) is 0 Å². The number of aryl methyl sites for hydroxylation is 1. The zero-order valence-corrected chi connectivity index (χ0v) is 16.7. The summed E-state index contributed by atoms with van der Waals surface area (Å²) < 4.78 is 0.539. The van der Waals surface area contributed by atoms with Crippen LogP contribution >= 0.6 is 23.5 Å². The Morgan fingerprint density at radius 3 is 2.31 bits per heavy atom. The smallest absolute Gasteiger partial charge is 0.253 e. The molecule has 0 aromatic heterocycles. The van der Waals surface area contributed by atoms with Gasteiger partial charge in [0.15, 0.2) is 0 Å². The third-order valence-corrected chi connectivity index (χ3v) is 8.09. The van der Waals surface area contributed by atoms with Gasteiger partial charge in [-0.3, -0.25) is 4.79 Å². The fraction of sp³-hybridized carbons (Fsp3) is 0.381. The summed E-state index contributed by atoms with van der Waals surface area (Å²) in [6.45, 7) is 5.46. The third kappa shape index (κ3) is 3.89. The predicted molar refractivity (Wildman–Crippen MR) is 113 cm³/mol. The molecule has 2 heterocycles. The van der Waals surface area contributed by atoms with Gasteiger partial charge in [-0.15, -0.1) is 23.5 Å². The van der Waals surface area contributed by atoms with Crippen LogP contribution in [0.2, 0.25) is 0 Å². The van der Waals surface area contributed by atoms with Crippen molar-refractivity contribution in [3.8, 4) is 0 Å². The quantitative estimate of drug-likeness (QED) is 0.781. The summed E-state index contributed by atoms with van der Waals surface area (Å²) in [6.07, 6.45) is 0. The molecule has 0 saturated carbocycles. The van der Waals surface area contributed by atoms with Crippen molar-refractivity contribution in [2.24, 2.45) is 0 Å².